The number of rotatable bonds is 2. The highest BCUT2D eigenvalue weighted by atomic mass is 16.5. The van der Waals surface area contributed by atoms with Crippen LogP contribution < -0.4 is 0 Å². The molecule has 23 heavy (non-hydrogen) atoms. The molecule has 1 amide bonds. The molecule has 0 unspecified atom stereocenters. The van der Waals surface area contributed by atoms with Crippen molar-refractivity contribution in [2.24, 2.45) is 0 Å². The number of amides is 1. The van der Waals surface area contributed by atoms with Gasteiger partial charge in [0, 0.05) is 25.6 Å². The molecule has 5 heteroatoms. The molecule has 1 aromatic carbocycles. The summed E-state index contributed by atoms with van der Waals surface area (Å²) < 4.78 is 5.52. The van der Waals surface area contributed by atoms with Crippen molar-refractivity contribution in [2.45, 2.75) is 44.6 Å². The van der Waals surface area contributed by atoms with Crippen molar-refractivity contribution in [2.75, 3.05) is 19.7 Å². The van der Waals surface area contributed by atoms with E-state index in [1.54, 1.807) is 0 Å². The van der Waals surface area contributed by atoms with Crippen molar-refractivity contribution >= 4 is 16.9 Å². The first kappa shape index (κ1) is 14.7. The average molecular weight is 313 g/mol. The van der Waals surface area contributed by atoms with E-state index in [-0.39, 0.29) is 12.0 Å². The molecule has 1 aromatic heterocycles. The third kappa shape index (κ3) is 2.85. The number of carbonyl (C=O) groups excluding carboxylic acids is 1. The summed E-state index contributed by atoms with van der Waals surface area (Å²) in [5, 5.41) is 0. The van der Waals surface area contributed by atoms with Crippen molar-refractivity contribution in [3.63, 3.8) is 0 Å². The summed E-state index contributed by atoms with van der Waals surface area (Å²) in [6, 6.07) is 6.30. The fourth-order valence-electron chi connectivity index (χ4n) is 3.69. The molecule has 0 saturated carbocycles. The number of aromatic nitrogens is 2. The van der Waals surface area contributed by atoms with Gasteiger partial charge >= 0.3 is 0 Å². The molecule has 2 saturated heterocycles. The van der Waals surface area contributed by atoms with Gasteiger partial charge in [-0.05, 0) is 50.3 Å². The minimum absolute atomic E-state index is 0.182. The molecule has 0 spiro atoms. The van der Waals surface area contributed by atoms with Gasteiger partial charge in [0.2, 0.25) is 0 Å². The van der Waals surface area contributed by atoms with Crippen LogP contribution in [0.3, 0.4) is 0 Å². The highest BCUT2D eigenvalue weighted by Crippen LogP contribution is 2.29. The number of piperidine rings is 1. The minimum Gasteiger partial charge on any atom is -0.368 e. The quantitative estimate of drug-likeness (QED) is 0.927. The monoisotopic (exact) mass is 313 g/mol. The Kier molecular flexibility index (Phi) is 3.81. The van der Waals surface area contributed by atoms with Crippen LogP contribution in [0.15, 0.2) is 18.2 Å². The molecule has 2 aromatic rings. The highest BCUT2D eigenvalue weighted by Gasteiger charge is 2.31. The molecule has 2 aliphatic rings. The first-order valence-corrected chi connectivity index (χ1v) is 8.57. The van der Waals surface area contributed by atoms with Crippen LogP contribution in [0.4, 0.5) is 0 Å². The molecule has 1 atom stereocenters. The second kappa shape index (κ2) is 5.96. The Balaban J connectivity index is 1.43. The lowest BCUT2D eigenvalue weighted by Gasteiger charge is -2.32. The minimum atomic E-state index is -0.194. The zero-order valence-corrected chi connectivity index (χ0v) is 13.5. The molecule has 2 fully saturated rings. The van der Waals surface area contributed by atoms with E-state index >= 15 is 0 Å². The Morgan fingerprint density at radius 2 is 2.13 bits per heavy atom. The summed E-state index contributed by atoms with van der Waals surface area (Å²) in [4.78, 5) is 22.6. The third-order valence-electron chi connectivity index (χ3n) is 5.05. The fraction of sp³-hybridized carbons (Fsp3) is 0.556. The number of ether oxygens (including phenoxy) is 1. The predicted molar refractivity (Wildman–Crippen MR) is 88.4 cm³/mol. The molecule has 2 aliphatic heterocycles. The lowest BCUT2D eigenvalue weighted by molar-refractivity contribution is -0.142. The van der Waals surface area contributed by atoms with Crippen LogP contribution >= 0.6 is 0 Å². The summed E-state index contributed by atoms with van der Waals surface area (Å²) in [5.41, 5.74) is 3.38. The molecule has 0 aliphatic carbocycles. The summed E-state index contributed by atoms with van der Waals surface area (Å²) >= 11 is 0. The molecule has 4 rings (SSSR count). The fourth-order valence-corrected chi connectivity index (χ4v) is 3.69. The number of aryl methyl sites for hydroxylation is 1. The van der Waals surface area contributed by atoms with Crippen molar-refractivity contribution in [1.29, 1.82) is 0 Å². The second-order valence-electron chi connectivity index (χ2n) is 6.74. The largest absolute Gasteiger partial charge is 0.368 e. The lowest BCUT2D eigenvalue weighted by atomic mass is 9.95. The maximum atomic E-state index is 12.4. The number of nitrogens with one attached hydrogen (secondary N) is 1. The van der Waals surface area contributed by atoms with Crippen molar-refractivity contribution in [3.05, 3.63) is 29.6 Å². The number of H-pyrrole nitrogens is 1. The number of fused-ring (bicyclic) bond motifs is 1. The molecule has 0 radical (unpaired) electrons. The Hall–Kier alpha value is -1.88. The normalized spacial score (nSPS) is 22.8. The third-order valence-corrected chi connectivity index (χ3v) is 5.05. The van der Waals surface area contributed by atoms with Gasteiger partial charge in [-0.3, -0.25) is 4.79 Å². The van der Waals surface area contributed by atoms with Crippen LogP contribution in [0, 0.1) is 6.92 Å². The highest BCUT2D eigenvalue weighted by molar-refractivity contribution is 5.81. The van der Waals surface area contributed by atoms with Gasteiger partial charge < -0.3 is 14.6 Å². The first-order valence-electron chi connectivity index (χ1n) is 8.57. The van der Waals surface area contributed by atoms with Crippen LogP contribution in [0.1, 0.15) is 43.0 Å². The van der Waals surface area contributed by atoms with Gasteiger partial charge in [-0.25, -0.2) is 4.98 Å². The van der Waals surface area contributed by atoms with Crippen molar-refractivity contribution in [3.8, 4) is 0 Å². The number of benzene rings is 1. The van der Waals surface area contributed by atoms with Crippen LogP contribution in [-0.2, 0) is 9.53 Å². The van der Waals surface area contributed by atoms with E-state index in [1.807, 2.05) is 4.90 Å². The number of likely N-dealkylation sites (tertiary alicyclic amines) is 1. The predicted octanol–water partition coefficient (Wildman–Crippen LogP) is 2.76. The average Bonchev–Trinajstić information content (AvgIpc) is 3.23. The van der Waals surface area contributed by atoms with Gasteiger partial charge in [0.15, 0.2) is 0 Å². The number of aromatic amines is 1. The van der Waals surface area contributed by atoms with E-state index in [0.717, 1.165) is 62.2 Å². The number of hydrogen-bond donors (Lipinski definition) is 1. The Bertz CT molecular complexity index is 710. The molecule has 3 heterocycles. The lowest BCUT2D eigenvalue weighted by Crippen LogP contribution is -2.43. The molecule has 5 nitrogen and oxygen atoms in total. The Morgan fingerprint density at radius 3 is 2.87 bits per heavy atom. The van der Waals surface area contributed by atoms with Crippen molar-refractivity contribution in [1.82, 2.24) is 14.9 Å². The zero-order chi connectivity index (χ0) is 15.8. The summed E-state index contributed by atoms with van der Waals surface area (Å²) in [6.07, 6.45) is 3.63. The zero-order valence-electron chi connectivity index (χ0n) is 13.5. The van der Waals surface area contributed by atoms with Crippen LogP contribution in [0.5, 0.6) is 0 Å². The van der Waals surface area contributed by atoms with E-state index in [4.69, 9.17) is 9.72 Å². The van der Waals surface area contributed by atoms with E-state index in [1.165, 1.54) is 5.56 Å². The van der Waals surface area contributed by atoms with E-state index in [2.05, 4.69) is 30.1 Å². The van der Waals surface area contributed by atoms with Crippen LogP contribution in [0.25, 0.3) is 11.0 Å². The van der Waals surface area contributed by atoms with Crippen LogP contribution in [0.2, 0.25) is 0 Å². The van der Waals surface area contributed by atoms with Gasteiger partial charge in [0.1, 0.15) is 11.9 Å². The maximum Gasteiger partial charge on any atom is 0.251 e. The summed E-state index contributed by atoms with van der Waals surface area (Å²) in [7, 11) is 0. The summed E-state index contributed by atoms with van der Waals surface area (Å²) in [5.74, 6) is 1.66. The number of imidazole rings is 1. The first-order chi connectivity index (χ1) is 11.2. The summed E-state index contributed by atoms with van der Waals surface area (Å²) in [6.45, 7) is 4.43. The Labute approximate surface area is 136 Å². The number of carbonyl (C=O) groups is 1. The van der Waals surface area contributed by atoms with Gasteiger partial charge in [-0.2, -0.15) is 0 Å². The van der Waals surface area contributed by atoms with Gasteiger partial charge in [0.25, 0.3) is 5.91 Å². The van der Waals surface area contributed by atoms with E-state index < -0.39 is 0 Å². The molecule has 1 N–H and O–H groups in total. The molecular formula is C18H23N3O2. The van der Waals surface area contributed by atoms with E-state index in [9.17, 15) is 4.79 Å². The SMILES string of the molecule is Cc1ccc2nc(C3CCN(C(=O)[C@@H]4CCCO4)CC3)[nH]c2c1. The van der Waals surface area contributed by atoms with E-state index in [0.29, 0.717) is 5.92 Å². The smallest absolute Gasteiger partial charge is 0.251 e. The molecule has 0 bridgehead atoms. The molecular weight excluding hydrogens is 290 g/mol. The standard InChI is InChI=1S/C18H23N3O2/c1-12-4-5-14-15(11-12)20-17(19-14)13-6-8-21(9-7-13)18(22)16-3-2-10-23-16/h4-5,11,13,16H,2-3,6-10H2,1H3,(H,19,20)/t16-/m0/s1. The molecule has 122 valence electrons. The van der Waals surface area contributed by atoms with Crippen molar-refractivity contribution < 1.29 is 9.53 Å². The maximum absolute atomic E-state index is 12.4. The van der Waals surface area contributed by atoms with Gasteiger partial charge in [-0.15, -0.1) is 0 Å². The number of nitrogens with zero attached hydrogens (tertiary/aromatic N) is 2. The van der Waals surface area contributed by atoms with Gasteiger partial charge in [-0.1, -0.05) is 6.07 Å². The van der Waals surface area contributed by atoms with Gasteiger partial charge in [0.05, 0.1) is 11.0 Å². The Morgan fingerprint density at radius 1 is 1.30 bits per heavy atom. The second-order valence-corrected chi connectivity index (χ2v) is 6.74. The topological polar surface area (TPSA) is 58.2 Å². The number of hydrogen-bond acceptors (Lipinski definition) is 3. The van der Waals surface area contributed by atoms with Crippen LogP contribution in [-0.4, -0.2) is 46.6 Å².